The average molecular weight is 520 g/mol. The van der Waals surface area contributed by atoms with Crippen LogP contribution in [0.5, 0.6) is 0 Å². The second kappa shape index (κ2) is 14.0. The van der Waals surface area contributed by atoms with Crippen LogP contribution < -0.4 is 9.62 Å². The van der Waals surface area contributed by atoms with E-state index in [1.807, 2.05) is 45.0 Å². The predicted molar refractivity (Wildman–Crippen MR) is 142 cm³/mol. The van der Waals surface area contributed by atoms with E-state index in [0.29, 0.717) is 25.2 Å². The summed E-state index contributed by atoms with van der Waals surface area (Å²) < 4.78 is 39.2. The molecule has 2 aromatic carbocycles. The van der Waals surface area contributed by atoms with Crippen molar-refractivity contribution in [3.8, 4) is 0 Å². The molecule has 0 radical (unpaired) electrons. The Balaban J connectivity index is 2.20. The zero-order chi connectivity index (χ0) is 26.7. The van der Waals surface area contributed by atoms with E-state index >= 15 is 0 Å². The van der Waals surface area contributed by atoms with Crippen molar-refractivity contribution in [3.63, 3.8) is 0 Å². The van der Waals surface area contributed by atoms with Gasteiger partial charge in [0.1, 0.15) is 11.9 Å². The summed E-state index contributed by atoms with van der Waals surface area (Å²) in [5.74, 6) is -0.864. The van der Waals surface area contributed by atoms with E-state index in [1.54, 1.807) is 4.90 Å². The summed E-state index contributed by atoms with van der Waals surface area (Å²) in [6.45, 7) is 6.80. The third-order valence-corrected chi connectivity index (χ3v) is 7.28. The molecule has 2 aromatic rings. The fraction of sp³-hybridized carbons (Fsp3) is 0.481. The van der Waals surface area contributed by atoms with Crippen molar-refractivity contribution >= 4 is 27.5 Å². The van der Waals surface area contributed by atoms with E-state index in [2.05, 4.69) is 5.32 Å². The zero-order valence-electron chi connectivity index (χ0n) is 21.7. The molecule has 198 valence electrons. The van der Waals surface area contributed by atoms with E-state index in [9.17, 15) is 22.4 Å². The lowest BCUT2D eigenvalue weighted by Crippen LogP contribution is -2.49. The highest BCUT2D eigenvalue weighted by atomic mass is 32.2. The van der Waals surface area contributed by atoms with Crippen molar-refractivity contribution in [2.75, 3.05) is 23.7 Å². The number of hydrogen-bond acceptors (Lipinski definition) is 4. The first-order valence-electron chi connectivity index (χ1n) is 12.4. The Morgan fingerprint density at radius 3 is 2.28 bits per heavy atom. The second-order valence-electron chi connectivity index (χ2n) is 8.93. The van der Waals surface area contributed by atoms with Crippen LogP contribution >= 0.6 is 0 Å². The number of nitrogens with zero attached hydrogens (tertiary/aromatic N) is 2. The number of rotatable bonds is 14. The molecule has 7 nitrogen and oxygen atoms in total. The van der Waals surface area contributed by atoms with Crippen LogP contribution in [0, 0.1) is 12.7 Å². The molecule has 0 aliphatic heterocycles. The van der Waals surface area contributed by atoms with Gasteiger partial charge in [0.2, 0.25) is 21.8 Å². The number of sulfonamides is 1. The molecule has 0 saturated carbocycles. The maximum Gasteiger partial charge on any atom is 0.242 e. The first-order chi connectivity index (χ1) is 17.1. The molecule has 36 heavy (non-hydrogen) atoms. The van der Waals surface area contributed by atoms with Gasteiger partial charge in [-0.1, -0.05) is 44.5 Å². The van der Waals surface area contributed by atoms with Gasteiger partial charge in [0.05, 0.1) is 11.9 Å². The number of carbonyl (C=O) groups excluding carboxylic acids is 2. The van der Waals surface area contributed by atoms with Gasteiger partial charge in [0.15, 0.2) is 0 Å². The molecule has 0 unspecified atom stereocenters. The van der Waals surface area contributed by atoms with Crippen LogP contribution in [0.3, 0.4) is 0 Å². The van der Waals surface area contributed by atoms with Crippen LogP contribution in [0.2, 0.25) is 0 Å². The Hall–Kier alpha value is -2.94. The van der Waals surface area contributed by atoms with Crippen LogP contribution in [-0.4, -0.2) is 50.5 Å². The minimum absolute atomic E-state index is 0.0634. The molecule has 0 aliphatic rings. The molecule has 9 heteroatoms. The van der Waals surface area contributed by atoms with Gasteiger partial charge in [-0.25, -0.2) is 12.8 Å². The molecule has 2 rings (SSSR count). The minimum atomic E-state index is -3.63. The Morgan fingerprint density at radius 1 is 1.03 bits per heavy atom. The molecule has 2 amide bonds. The minimum Gasteiger partial charge on any atom is -0.354 e. The zero-order valence-corrected chi connectivity index (χ0v) is 22.5. The van der Waals surface area contributed by atoms with Gasteiger partial charge >= 0.3 is 0 Å². The van der Waals surface area contributed by atoms with Gasteiger partial charge < -0.3 is 10.2 Å². The van der Waals surface area contributed by atoms with Crippen LogP contribution in [0.25, 0.3) is 0 Å². The highest BCUT2D eigenvalue weighted by molar-refractivity contribution is 7.92. The van der Waals surface area contributed by atoms with Crippen molar-refractivity contribution in [2.24, 2.45) is 0 Å². The van der Waals surface area contributed by atoms with Crippen LogP contribution in [0.1, 0.15) is 57.1 Å². The van der Waals surface area contributed by atoms with Crippen molar-refractivity contribution in [3.05, 3.63) is 65.5 Å². The first-order valence-corrected chi connectivity index (χ1v) is 14.3. The molecule has 1 N–H and O–H groups in total. The SMILES string of the molecule is CCCCNC(=O)[C@@H](CC)N(Cc1ccccc1C)C(=O)CCCN(c1ccc(F)cc1)S(C)(=O)=O. The van der Waals surface area contributed by atoms with E-state index in [0.717, 1.165) is 30.2 Å². The Bertz CT molecular complexity index is 1110. The van der Waals surface area contributed by atoms with E-state index in [4.69, 9.17) is 0 Å². The Morgan fingerprint density at radius 2 is 1.69 bits per heavy atom. The van der Waals surface area contributed by atoms with E-state index < -0.39 is 21.9 Å². The summed E-state index contributed by atoms with van der Waals surface area (Å²) >= 11 is 0. The van der Waals surface area contributed by atoms with Gasteiger partial charge in [-0.3, -0.25) is 13.9 Å². The summed E-state index contributed by atoms with van der Waals surface area (Å²) in [7, 11) is -3.63. The monoisotopic (exact) mass is 519 g/mol. The number of aryl methyl sites for hydroxylation is 1. The number of benzene rings is 2. The molecule has 0 spiro atoms. The molecule has 0 aromatic heterocycles. The van der Waals surface area contributed by atoms with Gasteiger partial charge in [-0.15, -0.1) is 0 Å². The lowest BCUT2D eigenvalue weighted by molar-refractivity contribution is -0.141. The highest BCUT2D eigenvalue weighted by Crippen LogP contribution is 2.20. The van der Waals surface area contributed by atoms with E-state index in [1.165, 1.54) is 28.6 Å². The molecular weight excluding hydrogens is 481 g/mol. The molecule has 0 bridgehead atoms. The molecule has 0 heterocycles. The second-order valence-corrected chi connectivity index (χ2v) is 10.8. The Labute approximate surface area is 214 Å². The largest absolute Gasteiger partial charge is 0.354 e. The quantitative estimate of drug-likeness (QED) is 0.375. The first kappa shape index (κ1) is 29.3. The molecular formula is C27H38FN3O4S. The van der Waals surface area contributed by atoms with Gasteiger partial charge in [0.25, 0.3) is 0 Å². The molecule has 0 aliphatic carbocycles. The normalized spacial score (nSPS) is 12.1. The van der Waals surface area contributed by atoms with Crippen molar-refractivity contribution in [1.82, 2.24) is 10.2 Å². The molecule has 1 atom stereocenters. The van der Waals surface area contributed by atoms with Crippen molar-refractivity contribution in [2.45, 2.75) is 65.5 Å². The number of hydrogen-bond donors (Lipinski definition) is 1. The smallest absolute Gasteiger partial charge is 0.242 e. The lowest BCUT2D eigenvalue weighted by Gasteiger charge is -2.31. The molecule has 0 fully saturated rings. The Kier molecular flexibility index (Phi) is 11.4. The fourth-order valence-electron chi connectivity index (χ4n) is 4.01. The van der Waals surface area contributed by atoms with E-state index in [-0.39, 0.29) is 31.2 Å². The predicted octanol–water partition coefficient (Wildman–Crippen LogP) is 4.40. The number of amides is 2. The highest BCUT2D eigenvalue weighted by Gasteiger charge is 2.29. The van der Waals surface area contributed by atoms with Gasteiger partial charge in [-0.05, 0) is 61.6 Å². The van der Waals surface area contributed by atoms with Crippen LogP contribution in [0.4, 0.5) is 10.1 Å². The summed E-state index contributed by atoms with van der Waals surface area (Å²) in [6.07, 6.45) is 3.67. The average Bonchev–Trinajstić information content (AvgIpc) is 2.83. The number of carbonyl (C=O) groups is 2. The third-order valence-electron chi connectivity index (χ3n) is 6.08. The summed E-state index contributed by atoms with van der Waals surface area (Å²) in [6, 6.07) is 12.3. The van der Waals surface area contributed by atoms with Crippen molar-refractivity contribution in [1.29, 1.82) is 0 Å². The number of unbranched alkanes of at least 4 members (excludes halogenated alkanes) is 1. The summed E-state index contributed by atoms with van der Waals surface area (Å²) in [4.78, 5) is 28.0. The van der Waals surface area contributed by atoms with Crippen molar-refractivity contribution < 1.29 is 22.4 Å². The van der Waals surface area contributed by atoms with Crippen LogP contribution in [-0.2, 0) is 26.2 Å². The summed E-state index contributed by atoms with van der Waals surface area (Å²) in [5.41, 5.74) is 2.32. The standard InChI is InChI=1S/C27H38FN3O4S/c1-5-7-18-29-27(33)25(6-2)30(20-22-12-9-8-11-21(22)3)26(32)13-10-19-31(36(4,34)35)24-16-14-23(28)15-17-24/h8-9,11-12,14-17,25H,5-7,10,13,18-20H2,1-4H3,(H,29,33)/t25-/m1/s1. The topological polar surface area (TPSA) is 86.8 Å². The fourth-order valence-corrected chi connectivity index (χ4v) is 4.97. The maximum atomic E-state index is 13.4. The lowest BCUT2D eigenvalue weighted by atomic mass is 10.1. The number of nitrogens with one attached hydrogen (secondary N) is 1. The van der Waals surface area contributed by atoms with Gasteiger partial charge in [0, 0.05) is 26.1 Å². The maximum absolute atomic E-state index is 13.4. The number of anilines is 1. The third kappa shape index (κ3) is 8.62. The van der Waals surface area contributed by atoms with Gasteiger partial charge in [-0.2, -0.15) is 0 Å². The molecule has 0 saturated heterocycles. The number of halogens is 1. The summed E-state index contributed by atoms with van der Waals surface area (Å²) in [5, 5.41) is 2.94. The van der Waals surface area contributed by atoms with Crippen LogP contribution in [0.15, 0.2) is 48.5 Å².